The first kappa shape index (κ1) is 22.8. The number of rotatable bonds is 7. The van der Waals surface area contributed by atoms with E-state index in [1.807, 2.05) is 26.0 Å². The lowest BCUT2D eigenvalue weighted by molar-refractivity contribution is -0.122. The van der Waals surface area contributed by atoms with E-state index in [0.717, 1.165) is 24.1 Å². The summed E-state index contributed by atoms with van der Waals surface area (Å²) in [6.45, 7) is 3.77. The highest BCUT2D eigenvalue weighted by molar-refractivity contribution is 5.92. The van der Waals surface area contributed by atoms with E-state index in [9.17, 15) is 19.5 Å². The number of phenolic OH excluding ortho intramolecular Hbond substituents is 1. The van der Waals surface area contributed by atoms with Crippen LogP contribution < -0.4 is 10.6 Å². The molecule has 0 aliphatic heterocycles. The van der Waals surface area contributed by atoms with Gasteiger partial charge in [0.25, 0.3) is 0 Å². The van der Waals surface area contributed by atoms with Crippen LogP contribution in [0.2, 0.25) is 0 Å². The molecule has 2 aliphatic rings. The van der Waals surface area contributed by atoms with Crippen LogP contribution in [0.3, 0.4) is 0 Å². The number of anilines is 1. The van der Waals surface area contributed by atoms with Gasteiger partial charge in [0.2, 0.25) is 5.91 Å². The van der Waals surface area contributed by atoms with Gasteiger partial charge in [0.1, 0.15) is 11.9 Å². The van der Waals surface area contributed by atoms with E-state index in [-0.39, 0.29) is 41.6 Å². The van der Waals surface area contributed by atoms with E-state index in [4.69, 9.17) is 4.74 Å². The summed E-state index contributed by atoms with van der Waals surface area (Å²) in [6, 6.07) is 6.91. The Morgan fingerprint density at radius 3 is 2.73 bits per heavy atom. The lowest BCUT2D eigenvalue weighted by Gasteiger charge is -2.35. The van der Waals surface area contributed by atoms with Gasteiger partial charge < -0.3 is 20.5 Å². The largest absolute Gasteiger partial charge is 0.507 e. The second kappa shape index (κ2) is 9.64. The van der Waals surface area contributed by atoms with Crippen molar-refractivity contribution in [3.8, 4) is 5.75 Å². The number of amides is 2. The summed E-state index contributed by atoms with van der Waals surface area (Å²) in [6.07, 6.45) is 3.77. The number of carbonyl (C=O) groups excluding carboxylic acids is 3. The minimum Gasteiger partial charge on any atom is -0.507 e. The number of nitrogens with one attached hydrogen (secondary N) is 3. The van der Waals surface area contributed by atoms with Gasteiger partial charge in [0.05, 0.1) is 5.56 Å². The molecular weight excluding hydrogens is 424 g/mol. The predicted molar refractivity (Wildman–Crippen MR) is 121 cm³/mol. The van der Waals surface area contributed by atoms with E-state index in [0.29, 0.717) is 36.9 Å². The smallest absolute Gasteiger partial charge is 0.407 e. The second-order valence-corrected chi connectivity index (χ2v) is 9.30. The Hall–Kier alpha value is -3.36. The third kappa shape index (κ3) is 5.18. The summed E-state index contributed by atoms with van der Waals surface area (Å²) in [5.41, 5.74) is 2.01. The summed E-state index contributed by atoms with van der Waals surface area (Å²) in [7, 11) is 0. The van der Waals surface area contributed by atoms with Gasteiger partial charge in [-0.1, -0.05) is 12.1 Å². The molecule has 0 radical (unpaired) electrons. The first-order valence-electron chi connectivity index (χ1n) is 11.4. The van der Waals surface area contributed by atoms with E-state index in [1.165, 1.54) is 6.07 Å². The Bertz CT molecular complexity index is 1030. The zero-order valence-corrected chi connectivity index (χ0v) is 18.8. The van der Waals surface area contributed by atoms with Gasteiger partial charge in [-0.2, -0.15) is 5.10 Å². The number of H-pyrrole nitrogens is 1. The SMILES string of the molecule is CC(C)NC(=O)O[C@@H]1CC[C@H](c2cc(NC(=O)C3CC(c4cccc(O)c4C=O)C3)n[nH]2)C1. The molecule has 0 bridgehead atoms. The van der Waals surface area contributed by atoms with Crippen molar-refractivity contribution in [2.24, 2.45) is 5.92 Å². The minimum atomic E-state index is -0.391. The van der Waals surface area contributed by atoms with Crippen LogP contribution in [0.15, 0.2) is 24.3 Å². The van der Waals surface area contributed by atoms with Crippen LogP contribution in [0.25, 0.3) is 0 Å². The van der Waals surface area contributed by atoms with Crippen LogP contribution in [0, 0.1) is 5.92 Å². The molecule has 9 heteroatoms. The monoisotopic (exact) mass is 454 g/mol. The molecule has 2 amide bonds. The molecular formula is C24H30N4O5. The van der Waals surface area contributed by atoms with E-state index >= 15 is 0 Å². The maximum Gasteiger partial charge on any atom is 0.407 e. The number of hydrogen-bond donors (Lipinski definition) is 4. The van der Waals surface area contributed by atoms with Crippen molar-refractivity contribution in [1.82, 2.24) is 15.5 Å². The van der Waals surface area contributed by atoms with Crippen molar-refractivity contribution in [2.75, 3.05) is 5.32 Å². The Labute approximate surface area is 192 Å². The molecule has 0 spiro atoms. The van der Waals surface area contributed by atoms with Crippen LogP contribution in [-0.4, -0.2) is 45.7 Å². The lowest BCUT2D eigenvalue weighted by atomic mass is 9.70. The quantitative estimate of drug-likeness (QED) is 0.470. The summed E-state index contributed by atoms with van der Waals surface area (Å²) < 4.78 is 5.48. The number of aldehydes is 1. The molecule has 2 saturated carbocycles. The fraction of sp³-hybridized carbons (Fsp3) is 0.500. The molecule has 2 atom stereocenters. The van der Waals surface area contributed by atoms with Crippen molar-refractivity contribution in [3.63, 3.8) is 0 Å². The molecule has 0 saturated heterocycles. The van der Waals surface area contributed by atoms with E-state index in [2.05, 4.69) is 20.8 Å². The van der Waals surface area contributed by atoms with Crippen molar-refractivity contribution in [2.45, 2.75) is 69.9 Å². The van der Waals surface area contributed by atoms with Gasteiger partial charge in [0.15, 0.2) is 12.1 Å². The van der Waals surface area contributed by atoms with Crippen molar-refractivity contribution >= 4 is 24.1 Å². The molecule has 2 aromatic rings. The third-order valence-corrected chi connectivity index (χ3v) is 6.54. The minimum absolute atomic E-state index is 0.0282. The van der Waals surface area contributed by atoms with Crippen LogP contribution in [0.5, 0.6) is 5.75 Å². The third-order valence-electron chi connectivity index (χ3n) is 6.54. The maximum absolute atomic E-state index is 12.6. The zero-order chi connectivity index (χ0) is 23.5. The van der Waals surface area contributed by atoms with Gasteiger partial charge in [-0.3, -0.25) is 14.7 Å². The van der Waals surface area contributed by atoms with E-state index in [1.54, 1.807) is 6.07 Å². The topological polar surface area (TPSA) is 133 Å². The molecule has 1 aromatic carbocycles. The number of hydrogen-bond acceptors (Lipinski definition) is 6. The molecule has 9 nitrogen and oxygen atoms in total. The number of aromatic hydroxyl groups is 1. The van der Waals surface area contributed by atoms with Crippen LogP contribution in [0.4, 0.5) is 10.6 Å². The number of phenols is 1. The Kier molecular flexibility index (Phi) is 6.67. The number of aromatic nitrogens is 2. The Morgan fingerprint density at radius 1 is 1.21 bits per heavy atom. The van der Waals surface area contributed by atoms with Gasteiger partial charge in [-0.05, 0) is 63.5 Å². The number of alkyl carbamates (subject to hydrolysis) is 1. The first-order chi connectivity index (χ1) is 15.8. The molecule has 0 unspecified atom stereocenters. The fourth-order valence-electron chi connectivity index (χ4n) is 4.73. The second-order valence-electron chi connectivity index (χ2n) is 9.30. The van der Waals surface area contributed by atoms with Crippen molar-refractivity contribution < 1.29 is 24.2 Å². The fourth-order valence-corrected chi connectivity index (χ4v) is 4.73. The molecule has 1 aromatic heterocycles. The van der Waals surface area contributed by atoms with Gasteiger partial charge in [-0.25, -0.2) is 4.79 Å². The standard InChI is InChI=1S/C24H30N4O5/c1-13(2)25-24(32)33-17-7-6-14(10-17)20-11-22(28-27-20)26-23(31)16-8-15(9-16)18-4-3-5-21(30)19(18)12-29/h3-5,11-17,30H,6-10H2,1-2H3,(H,25,32)(H2,26,27,28,31)/t14-,15?,16?,17+/m0/s1. The summed E-state index contributed by atoms with van der Waals surface area (Å²) >= 11 is 0. The average molecular weight is 455 g/mol. The molecule has 176 valence electrons. The lowest BCUT2D eigenvalue weighted by Crippen LogP contribution is -2.33. The molecule has 33 heavy (non-hydrogen) atoms. The van der Waals surface area contributed by atoms with Crippen molar-refractivity contribution in [3.05, 3.63) is 41.1 Å². The number of benzene rings is 1. The Morgan fingerprint density at radius 2 is 2.00 bits per heavy atom. The highest BCUT2D eigenvalue weighted by Gasteiger charge is 2.37. The van der Waals surface area contributed by atoms with Gasteiger partial charge in [-0.15, -0.1) is 0 Å². The zero-order valence-electron chi connectivity index (χ0n) is 18.8. The van der Waals surface area contributed by atoms with Crippen LogP contribution in [0.1, 0.15) is 79.4 Å². The number of aromatic amines is 1. The normalized spacial score (nSPS) is 24.2. The van der Waals surface area contributed by atoms with Crippen molar-refractivity contribution in [1.29, 1.82) is 0 Å². The highest BCUT2D eigenvalue weighted by Crippen LogP contribution is 2.44. The molecule has 4 rings (SSSR count). The summed E-state index contributed by atoms with van der Waals surface area (Å²) in [5, 5.41) is 22.7. The summed E-state index contributed by atoms with van der Waals surface area (Å²) in [5.74, 6) is 0.452. The molecule has 4 N–H and O–H groups in total. The van der Waals surface area contributed by atoms with E-state index < -0.39 is 6.09 Å². The van der Waals surface area contributed by atoms with Gasteiger partial charge >= 0.3 is 6.09 Å². The number of nitrogens with zero attached hydrogens (tertiary/aromatic N) is 1. The first-order valence-corrected chi connectivity index (χ1v) is 11.4. The van der Waals surface area contributed by atoms with Crippen LogP contribution in [-0.2, 0) is 9.53 Å². The predicted octanol–water partition coefficient (Wildman–Crippen LogP) is 3.83. The average Bonchev–Trinajstić information content (AvgIpc) is 3.36. The highest BCUT2D eigenvalue weighted by atomic mass is 16.6. The number of ether oxygens (including phenoxy) is 1. The Balaban J connectivity index is 1.27. The maximum atomic E-state index is 12.6. The van der Waals surface area contributed by atoms with Gasteiger partial charge in [0, 0.05) is 29.6 Å². The molecule has 1 heterocycles. The van der Waals surface area contributed by atoms with Crippen LogP contribution >= 0.6 is 0 Å². The summed E-state index contributed by atoms with van der Waals surface area (Å²) in [4.78, 5) is 35.7. The number of carbonyl (C=O) groups is 3. The molecule has 2 aliphatic carbocycles. The molecule has 2 fully saturated rings.